The number of nitrogens with zero attached hydrogens (tertiary/aromatic N) is 2. The summed E-state index contributed by atoms with van der Waals surface area (Å²) in [4.78, 5) is 8.77. The lowest BCUT2D eigenvalue weighted by atomic mass is 9.99. The maximum atomic E-state index is 7.32. The van der Waals surface area contributed by atoms with E-state index in [0.717, 1.165) is 39.9 Å². The normalized spacial score (nSPS) is 10.3. The minimum absolute atomic E-state index is 0.450. The maximum Gasteiger partial charge on any atom is 0.126 e. The van der Waals surface area contributed by atoms with E-state index in [-0.39, 0.29) is 0 Å². The van der Waals surface area contributed by atoms with E-state index >= 15 is 0 Å². The van der Waals surface area contributed by atoms with Gasteiger partial charge in [0.1, 0.15) is 11.4 Å². The summed E-state index contributed by atoms with van der Waals surface area (Å²) in [5.74, 6) is 0.737. The summed E-state index contributed by atoms with van der Waals surface area (Å²) in [6, 6.07) is 11.5. The number of benzene rings is 1. The van der Waals surface area contributed by atoms with Crippen molar-refractivity contribution in [1.29, 1.82) is 5.41 Å². The molecule has 0 bridgehead atoms. The van der Waals surface area contributed by atoms with Crippen LogP contribution in [0.3, 0.4) is 0 Å². The zero-order valence-corrected chi connectivity index (χ0v) is 13.9. The molecule has 1 aromatic carbocycles. The van der Waals surface area contributed by atoms with Crippen LogP contribution in [0.5, 0.6) is 5.75 Å². The molecule has 124 valence electrons. The Labute approximate surface area is 146 Å². The van der Waals surface area contributed by atoms with Gasteiger partial charge in [-0.1, -0.05) is 30.9 Å². The largest absolute Gasteiger partial charge is 0.496 e. The number of nitrogens with one attached hydrogen (secondary N) is 1. The molecule has 3 N–H and O–H groups in total. The van der Waals surface area contributed by atoms with Gasteiger partial charge < -0.3 is 15.9 Å². The van der Waals surface area contributed by atoms with E-state index in [1.165, 1.54) is 0 Å². The third-order valence-corrected chi connectivity index (χ3v) is 3.93. The fourth-order valence-corrected chi connectivity index (χ4v) is 2.66. The van der Waals surface area contributed by atoms with Gasteiger partial charge in [0.05, 0.1) is 18.5 Å². The molecule has 5 nitrogen and oxygen atoms in total. The summed E-state index contributed by atoms with van der Waals surface area (Å²) in [5, 5.41) is 7.32. The molecule has 0 amide bonds. The number of methoxy groups -OCH3 is 1. The van der Waals surface area contributed by atoms with Gasteiger partial charge in [0, 0.05) is 40.9 Å². The van der Waals surface area contributed by atoms with Gasteiger partial charge in [-0.3, -0.25) is 9.97 Å². The minimum atomic E-state index is 0.450. The predicted octanol–water partition coefficient (Wildman–Crippen LogP) is 4.04. The SMILES string of the molecule is C=Cc1ccc(-c2ncccc2-c2cnc(C=N)c(N)c2)cc1OC. The fraction of sp³-hybridized carbons (Fsp3) is 0.0500. The number of aromatic nitrogens is 2. The Kier molecular flexibility index (Phi) is 4.57. The molecule has 0 aliphatic carbocycles. The van der Waals surface area contributed by atoms with Gasteiger partial charge in [-0.25, -0.2) is 0 Å². The Morgan fingerprint density at radius 3 is 2.68 bits per heavy atom. The second-order valence-electron chi connectivity index (χ2n) is 5.40. The second-order valence-corrected chi connectivity index (χ2v) is 5.40. The first-order valence-electron chi connectivity index (χ1n) is 7.70. The number of pyridine rings is 2. The number of hydrogen-bond acceptors (Lipinski definition) is 5. The van der Waals surface area contributed by atoms with E-state index in [2.05, 4.69) is 16.5 Å². The van der Waals surface area contributed by atoms with Gasteiger partial charge in [-0.2, -0.15) is 0 Å². The van der Waals surface area contributed by atoms with Crippen LogP contribution in [0.4, 0.5) is 5.69 Å². The Hall–Kier alpha value is -3.47. The summed E-state index contributed by atoms with van der Waals surface area (Å²) >= 11 is 0. The highest BCUT2D eigenvalue weighted by Gasteiger charge is 2.12. The van der Waals surface area contributed by atoms with Crippen LogP contribution >= 0.6 is 0 Å². The lowest BCUT2D eigenvalue weighted by Gasteiger charge is -2.12. The number of anilines is 1. The molecule has 0 fully saturated rings. The average Bonchev–Trinajstić information content (AvgIpc) is 2.67. The molecular weight excluding hydrogens is 312 g/mol. The fourth-order valence-electron chi connectivity index (χ4n) is 2.66. The van der Waals surface area contributed by atoms with Crippen molar-refractivity contribution in [3.8, 4) is 28.1 Å². The summed E-state index contributed by atoms with van der Waals surface area (Å²) in [6.45, 7) is 3.80. The number of rotatable bonds is 5. The molecule has 2 aromatic heterocycles. The zero-order chi connectivity index (χ0) is 17.8. The van der Waals surface area contributed by atoms with Gasteiger partial charge in [0.15, 0.2) is 0 Å². The Balaban J connectivity index is 2.15. The predicted molar refractivity (Wildman–Crippen MR) is 102 cm³/mol. The number of hydrogen-bond donors (Lipinski definition) is 2. The van der Waals surface area contributed by atoms with Crippen molar-refractivity contribution in [2.75, 3.05) is 12.8 Å². The molecule has 0 saturated carbocycles. The van der Waals surface area contributed by atoms with E-state index in [0.29, 0.717) is 11.4 Å². The molecule has 0 aliphatic rings. The van der Waals surface area contributed by atoms with Crippen LogP contribution in [0.1, 0.15) is 11.3 Å². The van der Waals surface area contributed by atoms with E-state index in [1.54, 1.807) is 25.6 Å². The Bertz CT molecular complexity index is 950. The van der Waals surface area contributed by atoms with Gasteiger partial charge in [0.2, 0.25) is 0 Å². The van der Waals surface area contributed by atoms with Crippen LogP contribution in [-0.4, -0.2) is 23.3 Å². The van der Waals surface area contributed by atoms with Gasteiger partial charge in [-0.05, 0) is 18.2 Å². The van der Waals surface area contributed by atoms with E-state index in [9.17, 15) is 0 Å². The van der Waals surface area contributed by atoms with E-state index in [4.69, 9.17) is 15.9 Å². The van der Waals surface area contributed by atoms with Crippen molar-refractivity contribution in [3.05, 3.63) is 66.6 Å². The molecule has 0 spiro atoms. The Morgan fingerprint density at radius 1 is 1.16 bits per heavy atom. The first kappa shape index (κ1) is 16.4. The summed E-state index contributed by atoms with van der Waals surface area (Å²) in [5.41, 5.74) is 11.3. The molecule has 5 heteroatoms. The zero-order valence-electron chi connectivity index (χ0n) is 13.9. The highest BCUT2D eigenvalue weighted by atomic mass is 16.5. The number of nitrogens with two attached hydrogens (primary N) is 1. The summed E-state index contributed by atoms with van der Waals surface area (Å²) < 4.78 is 5.44. The molecule has 0 aliphatic heterocycles. The summed E-state index contributed by atoms with van der Waals surface area (Å²) in [6.07, 6.45) is 6.34. The standard InChI is InChI=1S/C20H18N4O/c1-3-13-6-7-14(10-19(13)25-2)20-16(5-4-8-23-20)15-9-17(22)18(11-21)24-12-15/h3-12,21H,1,22H2,2H3. The van der Waals surface area contributed by atoms with Crippen molar-refractivity contribution in [3.63, 3.8) is 0 Å². The Morgan fingerprint density at radius 2 is 2.00 bits per heavy atom. The van der Waals surface area contributed by atoms with Crippen LogP contribution in [0.15, 0.2) is 55.4 Å². The molecular formula is C20H18N4O. The molecule has 25 heavy (non-hydrogen) atoms. The lowest BCUT2D eigenvalue weighted by molar-refractivity contribution is 0.414. The molecule has 3 rings (SSSR count). The van der Waals surface area contributed by atoms with Crippen molar-refractivity contribution in [2.24, 2.45) is 0 Å². The monoisotopic (exact) mass is 330 g/mol. The van der Waals surface area contributed by atoms with Crippen LogP contribution in [0.2, 0.25) is 0 Å². The molecule has 0 radical (unpaired) electrons. The summed E-state index contributed by atoms with van der Waals surface area (Å²) in [7, 11) is 1.63. The second kappa shape index (κ2) is 6.97. The molecule has 0 unspecified atom stereocenters. The van der Waals surface area contributed by atoms with Crippen LogP contribution in [0, 0.1) is 5.41 Å². The van der Waals surface area contributed by atoms with Gasteiger partial charge in [0.25, 0.3) is 0 Å². The van der Waals surface area contributed by atoms with Crippen molar-refractivity contribution >= 4 is 18.0 Å². The highest BCUT2D eigenvalue weighted by molar-refractivity contribution is 5.87. The topological polar surface area (TPSA) is 84.9 Å². The lowest BCUT2D eigenvalue weighted by Crippen LogP contribution is -1.98. The number of nitrogen functional groups attached to an aromatic ring is 1. The third-order valence-electron chi connectivity index (χ3n) is 3.93. The van der Waals surface area contributed by atoms with Crippen molar-refractivity contribution in [1.82, 2.24) is 9.97 Å². The third kappa shape index (κ3) is 3.12. The van der Waals surface area contributed by atoms with Crippen LogP contribution in [-0.2, 0) is 0 Å². The number of ether oxygens (including phenoxy) is 1. The minimum Gasteiger partial charge on any atom is -0.496 e. The van der Waals surface area contributed by atoms with Gasteiger partial charge >= 0.3 is 0 Å². The first-order valence-corrected chi connectivity index (χ1v) is 7.70. The molecule has 0 saturated heterocycles. The molecule has 2 heterocycles. The van der Waals surface area contributed by atoms with E-state index < -0.39 is 0 Å². The average molecular weight is 330 g/mol. The van der Waals surface area contributed by atoms with Gasteiger partial charge in [-0.15, -0.1) is 0 Å². The quantitative estimate of drug-likeness (QED) is 0.691. The molecule has 0 atom stereocenters. The first-order chi connectivity index (χ1) is 12.2. The van der Waals surface area contributed by atoms with Crippen LogP contribution in [0.25, 0.3) is 28.5 Å². The smallest absolute Gasteiger partial charge is 0.126 e. The van der Waals surface area contributed by atoms with Crippen molar-refractivity contribution < 1.29 is 4.74 Å². The maximum absolute atomic E-state index is 7.32. The molecule has 3 aromatic rings. The van der Waals surface area contributed by atoms with E-state index in [1.807, 2.05) is 36.4 Å². The van der Waals surface area contributed by atoms with Crippen molar-refractivity contribution in [2.45, 2.75) is 0 Å². The van der Waals surface area contributed by atoms with Crippen LogP contribution < -0.4 is 10.5 Å². The highest BCUT2D eigenvalue weighted by Crippen LogP contribution is 2.34.